The fourth-order valence-electron chi connectivity index (χ4n) is 1.63. The average Bonchev–Trinajstić information content (AvgIpc) is 2.86. The summed E-state index contributed by atoms with van der Waals surface area (Å²) in [5.41, 5.74) is 0.909. The zero-order valence-corrected chi connectivity index (χ0v) is 13.0. The van der Waals surface area contributed by atoms with Crippen LogP contribution < -0.4 is 10.1 Å². The van der Waals surface area contributed by atoms with Crippen LogP contribution in [0.2, 0.25) is 5.02 Å². The predicted molar refractivity (Wildman–Crippen MR) is 82.9 cm³/mol. The van der Waals surface area contributed by atoms with E-state index in [-0.39, 0.29) is 17.9 Å². The van der Waals surface area contributed by atoms with E-state index in [1.165, 1.54) is 0 Å². The molecular weight excluding hydrogens is 290 g/mol. The number of anilines is 1. The lowest BCUT2D eigenvalue weighted by molar-refractivity contribution is -0.118. The molecule has 0 atom stereocenters. The Labute approximate surface area is 128 Å². The lowest BCUT2D eigenvalue weighted by Gasteiger charge is -2.14. The number of H-pyrrole nitrogens is 1. The summed E-state index contributed by atoms with van der Waals surface area (Å²) in [6.45, 7) is 6.11. The molecule has 0 saturated heterocycles. The van der Waals surface area contributed by atoms with E-state index in [4.69, 9.17) is 16.3 Å². The van der Waals surface area contributed by atoms with Crippen LogP contribution in [0.15, 0.2) is 30.3 Å². The first-order chi connectivity index (χ1) is 9.84. The van der Waals surface area contributed by atoms with Crippen LogP contribution >= 0.6 is 11.6 Å². The molecule has 1 heterocycles. The average molecular weight is 308 g/mol. The maximum absolute atomic E-state index is 11.8. The van der Waals surface area contributed by atoms with E-state index in [0.717, 1.165) is 5.69 Å². The molecule has 1 aromatic heterocycles. The summed E-state index contributed by atoms with van der Waals surface area (Å²) in [5, 5.41) is 10.3. The Hall–Kier alpha value is -2.01. The zero-order valence-electron chi connectivity index (χ0n) is 12.2. The van der Waals surface area contributed by atoms with E-state index in [1.807, 2.05) is 6.07 Å². The van der Waals surface area contributed by atoms with Gasteiger partial charge in [0.25, 0.3) is 5.91 Å². The number of hydrogen-bond donors (Lipinski definition) is 2. The summed E-state index contributed by atoms with van der Waals surface area (Å²) in [4.78, 5) is 11.8. The second-order valence-electron chi connectivity index (χ2n) is 5.71. The van der Waals surface area contributed by atoms with E-state index < -0.39 is 0 Å². The van der Waals surface area contributed by atoms with Crippen LogP contribution in [0.4, 0.5) is 5.82 Å². The number of nitrogens with zero attached hydrogens (tertiary/aromatic N) is 1. The first-order valence-corrected chi connectivity index (χ1v) is 6.96. The number of rotatable bonds is 4. The van der Waals surface area contributed by atoms with Crippen molar-refractivity contribution in [3.05, 3.63) is 41.0 Å². The van der Waals surface area contributed by atoms with E-state index in [9.17, 15) is 4.79 Å². The SMILES string of the molecule is CC(C)(C)c1cc(NC(=O)COc2ccc(Cl)cc2)n[nH]1. The molecule has 2 N–H and O–H groups in total. The first-order valence-electron chi connectivity index (χ1n) is 6.59. The maximum atomic E-state index is 11.8. The number of amides is 1. The minimum Gasteiger partial charge on any atom is -0.484 e. The second kappa shape index (κ2) is 6.18. The number of aromatic nitrogens is 2. The van der Waals surface area contributed by atoms with Gasteiger partial charge in [-0.25, -0.2) is 0 Å². The standard InChI is InChI=1S/C15H18ClN3O2/c1-15(2,3)12-8-13(19-18-12)17-14(20)9-21-11-6-4-10(16)5-7-11/h4-8H,9H2,1-3H3,(H2,17,18,19,20). The van der Waals surface area contributed by atoms with Crippen molar-refractivity contribution in [2.75, 3.05) is 11.9 Å². The lowest BCUT2D eigenvalue weighted by atomic mass is 9.92. The highest BCUT2D eigenvalue weighted by atomic mass is 35.5. The number of nitrogens with one attached hydrogen (secondary N) is 2. The van der Waals surface area contributed by atoms with Gasteiger partial charge >= 0.3 is 0 Å². The fraction of sp³-hybridized carbons (Fsp3) is 0.333. The van der Waals surface area contributed by atoms with Gasteiger partial charge in [-0.3, -0.25) is 9.89 Å². The Kier molecular flexibility index (Phi) is 4.53. The first kappa shape index (κ1) is 15.4. The van der Waals surface area contributed by atoms with E-state index in [0.29, 0.717) is 16.6 Å². The lowest BCUT2D eigenvalue weighted by Crippen LogP contribution is -2.20. The predicted octanol–water partition coefficient (Wildman–Crippen LogP) is 3.38. The third-order valence-electron chi connectivity index (χ3n) is 2.84. The van der Waals surface area contributed by atoms with Gasteiger partial charge in [-0.15, -0.1) is 0 Å². The molecule has 2 aromatic rings. The van der Waals surface area contributed by atoms with Crippen LogP contribution in [0, 0.1) is 0 Å². The Bertz CT molecular complexity index is 615. The van der Waals surface area contributed by atoms with Crippen LogP contribution in [0.25, 0.3) is 0 Å². The molecule has 21 heavy (non-hydrogen) atoms. The van der Waals surface area contributed by atoms with Gasteiger partial charge in [-0.2, -0.15) is 5.10 Å². The van der Waals surface area contributed by atoms with Crippen molar-refractivity contribution in [2.45, 2.75) is 26.2 Å². The van der Waals surface area contributed by atoms with Gasteiger partial charge in [-0.1, -0.05) is 32.4 Å². The van der Waals surface area contributed by atoms with Gasteiger partial charge in [0.2, 0.25) is 0 Å². The fourth-order valence-corrected chi connectivity index (χ4v) is 1.75. The zero-order chi connectivity index (χ0) is 15.5. The molecule has 0 aliphatic carbocycles. The number of ether oxygens (including phenoxy) is 1. The van der Waals surface area contributed by atoms with Gasteiger partial charge in [0.05, 0.1) is 0 Å². The molecule has 1 amide bonds. The highest BCUT2D eigenvalue weighted by Gasteiger charge is 2.17. The third-order valence-corrected chi connectivity index (χ3v) is 3.09. The molecule has 5 nitrogen and oxygen atoms in total. The van der Waals surface area contributed by atoms with Gasteiger partial charge in [0, 0.05) is 22.2 Å². The van der Waals surface area contributed by atoms with E-state index in [1.54, 1.807) is 24.3 Å². The van der Waals surface area contributed by atoms with Crippen LogP contribution in [-0.2, 0) is 10.2 Å². The molecule has 6 heteroatoms. The molecule has 0 aliphatic rings. The van der Waals surface area contributed by atoms with Crippen molar-refractivity contribution in [2.24, 2.45) is 0 Å². The normalized spacial score (nSPS) is 11.2. The summed E-state index contributed by atoms with van der Waals surface area (Å²) in [7, 11) is 0. The largest absolute Gasteiger partial charge is 0.484 e. The minimum atomic E-state index is -0.267. The van der Waals surface area contributed by atoms with Gasteiger partial charge in [0.1, 0.15) is 5.75 Å². The third kappa shape index (κ3) is 4.49. The summed E-state index contributed by atoms with van der Waals surface area (Å²) >= 11 is 5.77. The van der Waals surface area contributed by atoms with Crippen LogP contribution in [0.3, 0.4) is 0 Å². The molecule has 0 saturated carbocycles. The van der Waals surface area contributed by atoms with E-state index >= 15 is 0 Å². The van der Waals surface area contributed by atoms with Crippen LogP contribution in [0.1, 0.15) is 26.5 Å². The number of benzene rings is 1. The molecule has 112 valence electrons. The van der Waals surface area contributed by atoms with Crippen molar-refractivity contribution in [1.82, 2.24) is 10.2 Å². The summed E-state index contributed by atoms with van der Waals surface area (Å²) in [6.07, 6.45) is 0. The molecular formula is C15H18ClN3O2. The maximum Gasteiger partial charge on any atom is 0.263 e. The Morgan fingerprint density at radius 2 is 2.00 bits per heavy atom. The Morgan fingerprint density at radius 3 is 2.57 bits per heavy atom. The number of carbonyl (C=O) groups excluding carboxylic acids is 1. The minimum absolute atomic E-state index is 0.0458. The molecule has 0 unspecified atom stereocenters. The van der Waals surface area contributed by atoms with Crippen LogP contribution in [0.5, 0.6) is 5.75 Å². The van der Waals surface area contributed by atoms with Crippen LogP contribution in [-0.4, -0.2) is 22.7 Å². The van der Waals surface area contributed by atoms with Gasteiger partial charge in [-0.05, 0) is 24.3 Å². The summed E-state index contributed by atoms with van der Waals surface area (Å²) in [6, 6.07) is 8.65. The molecule has 0 spiro atoms. The second-order valence-corrected chi connectivity index (χ2v) is 6.14. The topological polar surface area (TPSA) is 67.0 Å². The van der Waals surface area contributed by atoms with Crippen molar-refractivity contribution in [3.8, 4) is 5.75 Å². The molecule has 0 radical (unpaired) electrons. The van der Waals surface area contributed by atoms with Crippen molar-refractivity contribution < 1.29 is 9.53 Å². The molecule has 0 aliphatic heterocycles. The molecule has 0 fully saturated rings. The smallest absolute Gasteiger partial charge is 0.263 e. The molecule has 2 rings (SSSR count). The number of halogens is 1. The van der Waals surface area contributed by atoms with E-state index in [2.05, 4.69) is 36.3 Å². The van der Waals surface area contributed by atoms with Crippen molar-refractivity contribution in [3.63, 3.8) is 0 Å². The Morgan fingerprint density at radius 1 is 1.33 bits per heavy atom. The highest BCUT2D eigenvalue weighted by Crippen LogP contribution is 2.22. The van der Waals surface area contributed by atoms with Crippen molar-refractivity contribution >= 4 is 23.3 Å². The molecule has 1 aromatic carbocycles. The Balaban J connectivity index is 1.87. The summed E-state index contributed by atoms with van der Waals surface area (Å²) in [5.74, 6) is 0.813. The van der Waals surface area contributed by atoms with Gasteiger partial charge < -0.3 is 10.1 Å². The monoisotopic (exact) mass is 307 g/mol. The quantitative estimate of drug-likeness (QED) is 0.910. The van der Waals surface area contributed by atoms with Crippen molar-refractivity contribution in [1.29, 1.82) is 0 Å². The molecule has 0 bridgehead atoms. The number of hydrogen-bond acceptors (Lipinski definition) is 3. The number of carbonyl (C=O) groups is 1. The number of aromatic amines is 1. The highest BCUT2D eigenvalue weighted by molar-refractivity contribution is 6.30. The summed E-state index contributed by atoms with van der Waals surface area (Å²) < 4.78 is 5.36. The van der Waals surface area contributed by atoms with Gasteiger partial charge in [0.15, 0.2) is 12.4 Å².